The lowest BCUT2D eigenvalue weighted by molar-refractivity contribution is -0.193. The van der Waals surface area contributed by atoms with Gasteiger partial charge in [0.25, 0.3) is 0 Å². The molecule has 2 aliphatic rings. The second-order valence-corrected chi connectivity index (χ2v) is 8.32. The zero-order valence-electron chi connectivity index (χ0n) is 20.9. The molecule has 1 unspecified atom stereocenters. The molecule has 4 rings (SSSR count). The quantitative estimate of drug-likeness (QED) is 0.446. The average Bonchev–Trinajstić information content (AvgIpc) is 2.90. The van der Waals surface area contributed by atoms with E-state index in [-0.39, 0.29) is 6.04 Å². The van der Waals surface area contributed by atoms with Gasteiger partial charge in [0.15, 0.2) is 0 Å². The summed E-state index contributed by atoms with van der Waals surface area (Å²) in [6.07, 6.45) is -4.48. The van der Waals surface area contributed by atoms with Gasteiger partial charge in [-0.3, -0.25) is 9.88 Å². The first kappa shape index (κ1) is 32.6. The van der Waals surface area contributed by atoms with Gasteiger partial charge >= 0.3 is 24.3 Å². The third-order valence-corrected chi connectivity index (χ3v) is 5.36. The maximum Gasteiger partial charge on any atom is 0.490 e. The maximum atomic E-state index is 10.6. The molecule has 1 atom stereocenters. The third kappa shape index (κ3) is 11.7. The number of aromatic nitrogens is 3. The number of aliphatic carboxylic acids is 2. The first-order valence-corrected chi connectivity index (χ1v) is 11.8. The molecule has 0 saturated carbocycles. The molecular formula is C23H27F6N5O6. The van der Waals surface area contributed by atoms with Gasteiger partial charge in [-0.1, -0.05) is 6.07 Å². The number of nitrogens with one attached hydrogen (secondary N) is 1. The van der Waals surface area contributed by atoms with Crippen molar-refractivity contribution in [3.8, 4) is 0 Å². The van der Waals surface area contributed by atoms with E-state index in [0.29, 0.717) is 12.6 Å². The number of hydrogen-bond donors (Lipinski definition) is 3. The molecule has 0 bridgehead atoms. The van der Waals surface area contributed by atoms with E-state index in [1.54, 1.807) is 0 Å². The van der Waals surface area contributed by atoms with Crippen molar-refractivity contribution in [3.05, 3.63) is 48.2 Å². The minimum atomic E-state index is -5.08. The van der Waals surface area contributed by atoms with Crippen LogP contribution in [0, 0.1) is 0 Å². The van der Waals surface area contributed by atoms with Crippen LogP contribution in [0.2, 0.25) is 0 Å². The normalized spacial score (nSPS) is 18.4. The van der Waals surface area contributed by atoms with Crippen molar-refractivity contribution in [2.75, 3.05) is 38.3 Å². The second kappa shape index (κ2) is 15.3. The SMILES string of the molecule is O=C(O)C(F)(F)F.O=C(O)C(F)(F)F.c1ccc(CN2CCOCC2c2nccc(NC3CCOCC3)n2)nc1. The number of halogens is 6. The topological polar surface area (TPSA) is 147 Å². The average molecular weight is 583 g/mol. The second-order valence-electron chi connectivity index (χ2n) is 8.32. The predicted octanol–water partition coefficient (Wildman–Crippen LogP) is 3.30. The lowest BCUT2D eigenvalue weighted by atomic mass is 10.1. The monoisotopic (exact) mass is 583 g/mol. The van der Waals surface area contributed by atoms with Crippen LogP contribution < -0.4 is 5.32 Å². The Morgan fingerprint density at radius 3 is 2.10 bits per heavy atom. The number of anilines is 1. The van der Waals surface area contributed by atoms with Crippen LogP contribution >= 0.6 is 0 Å². The molecule has 2 aromatic rings. The number of carboxylic acids is 2. The molecule has 2 saturated heterocycles. The Morgan fingerprint density at radius 1 is 0.925 bits per heavy atom. The Kier molecular flexibility index (Phi) is 12.5. The summed E-state index contributed by atoms with van der Waals surface area (Å²) in [5, 5.41) is 17.8. The molecule has 0 spiro atoms. The molecule has 40 heavy (non-hydrogen) atoms. The van der Waals surface area contributed by atoms with Gasteiger partial charge in [0.05, 0.1) is 24.9 Å². The zero-order valence-corrected chi connectivity index (χ0v) is 20.9. The van der Waals surface area contributed by atoms with Gasteiger partial charge in [-0.15, -0.1) is 0 Å². The van der Waals surface area contributed by atoms with Crippen LogP contribution in [-0.4, -0.2) is 93.4 Å². The fourth-order valence-electron chi connectivity index (χ4n) is 3.43. The van der Waals surface area contributed by atoms with Crippen molar-refractivity contribution in [2.45, 2.75) is 43.8 Å². The van der Waals surface area contributed by atoms with Gasteiger partial charge in [0.1, 0.15) is 11.6 Å². The van der Waals surface area contributed by atoms with Crippen molar-refractivity contribution in [3.63, 3.8) is 0 Å². The molecule has 2 aliphatic heterocycles. The number of ether oxygens (including phenoxy) is 2. The van der Waals surface area contributed by atoms with Crippen molar-refractivity contribution >= 4 is 17.8 Å². The molecule has 0 amide bonds. The number of alkyl halides is 6. The first-order chi connectivity index (χ1) is 18.8. The molecule has 11 nitrogen and oxygen atoms in total. The summed E-state index contributed by atoms with van der Waals surface area (Å²) in [6, 6.07) is 8.41. The fraction of sp³-hybridized carbons (Fsp3) is 0.522. The van der Waals surface area contributed by atoms with E-state index in [4.69, 9.17) is 34.3 Å². The third-order valence-electron chi connectivity index (χ3n) is 5.36. The maximum absolute atomic E-state index is 10.6. The Balaban J connectivity index is 0.000000333. The van der Waals surface area contributed by atoms with E-state index in [1.807, 2.05) is 30.6 Å². The van der Waals surface area contributed by atoms with Gasteiger partial charge in [0.2, 0.25) is 0 Å². The molecule has 0 aromatic carbocycles. The molecule has 222 valence electrons. The van der Waals surface area contributed by atoms with Crippen molar-refractivity contribution in [1.82, 2.24) is 19.9 Å². The van der Waals surface area contributed by atoms with Crippen molar-refractivity contribution in [2.24, 2.45) is 0 Å². The minimum absolute atomic E-state index is 0.0437. The molecule has 17 heteroatoms. The highest BCUT2D eigenvalue weighted by Crippen LogP contribution is 2.24. The van der Waals surface area contributed by atoms with E-state index >= 15 is 0 Å². The number of nitrogens with zero attached hydrogens (tertiary/aromatic N) is 4. The summed E-state index contributed by atoms with van der Waals surface area (Å²) in [5.41, 5.74) is 1.05. The molecule has 0 aliphatic carbocycles. The van der Waals surface area contributed by atoms with Gasteiger partial charge < -0.3 is 25.0 Å². The summed E-state index contributed by atoms with van der Waals surface area (Å²) in [7, 11) is 0. The van der Waals surface area contributed by atoms with E-state index in [1.165, 1.54) is 0 Å². The van der Waals surface area contributed by atoms with Gasteiger partial charge in [-0.25, -0.2) is 19.6 Å². The number of hydrogen-bond acceptors (Lipinski definition) is 9. The smallest absolute Gasteiger partial charge is 0.475 e. The van der Waals surface area contributed by atoms with Crippen LogP contribution in [0.1, 0.15) is 30.4 Å². The highest BCUT2D eigenvalue weighted by Gasteiger charge is 2.39. The highest BCUT2D eigenvalue weighted by molar-refractivity contribution is 5.73. The molecular weight excluding hydrogens is 556 g/mol. The lowest BCUT2D eigenvalue weighted by Crippen LogP contribution is -2.40. The summed E-state index contributed by atoms with van der Waals surface area (Å²) < 4.78 is 74.6. The van der Waals surface area contributed by atoms with E-state index in [2.05, 4.69) is 26.3 Å². The van der Waals surface area contributed by atoms with E-state index < -0.39 is 24.3 Å². The van der Waals surface area contributed by atoms with Crippen LogP contribution in [-0.2, 0) is 25.6 Å². The zero-order chi connectivity index (χ0) is 29.8. The molecule has 2 aromatic heterocycles. The Morgan fingerprint density at radius 2 is 1.55 bits per heavy atom. The number of morpholine rings is 1. The highest BCUT2D eigenvalue weighted by atomic mass is 19.4. The summed E-state index contributed by atoms with van der Waals surface area (Å²) in [4.78, 5) is 33.9. The largest absolute Gasteiger partial charge is 0.490 e. The number of rotatable bonds is 5. The molecule has 2 fully saturated rings. The Labute approximate surface area is 224 Å². The van der Waals surface area contributed by atoms with Crippen LogP contribution in [0.15, 0.2) is 36.7 Å². The Hall–Kier alpha value is -3.57. The Bertz CT molecular complexity index is 1050. The van der Waals surface area contributed by atoms with Gasteiger partial charge in [-0.05, 0) is 31.0 Å². The standard InChI is InChI=1S/C19H25N5O2.2C2HF3O2/c1-2-7-20-16(3-1)13-24-9-12-26-14-17(24)19-21-8-4-18(23-19)22-15-5-10-25-11-6-15;2*3-2(4,5)1(6)7/h1-4,7-8,15,17H,5-6,9-14H2,(H,21,22,23);2*(H,6,7). The van der Waals surface area contributed by atoms with E-state index in [0.717, 1.165) is 63.1 Å². The lowest BCUT2D eigenvalue weighted by Gasteiger charge is -2.34. The summed E-state index contributed by atoms with van der Waals surface area (Å²) in [5.74, 6) is -3.83. The van der Waals surface area contributed by atoms with Gasteiger partial charge in [-0.2, -0.15) is 26.3 Å². The van der Waals surface area contributed by atoms with E-state index in [9.17, 15) is 26.3 Å². The fourth-order valence-corrected chi connectivity index (χ4v) is 3.43. The predicted molar refractivity (Wildman–Crippen MR) is 125 cm³/mol. The van der Waals surface area contributed by atoms with Crippen LogP contribution in [0.3, 0.4) is 0 Å². The number of carbonyl (C=O) groups is 2. The van der Waals surface area contributed by atoms with Crippen molar-refractivity contribution < 1.29 is 55.6 Å². The molecule has 4 heterocycles. The molecule has 3 N–H and O–H groups in total. The number of carboxylic acid groups (broad SMARTS) is 2. The van der Waals surface area contributed by atoms with Crippen LogP contribution in [0.5, 0.6) is 0 Å². The number of pyridine rings is 1. The van der Waals surface area contributed by atoms with Crippen LogP contribution in [0.25, 0.3) is 0 Å². The van der Waals surface area contributed by atoms with Gasteiger partial charge in [0, 0.05) is 44.7 Å². The minimum Gasteiger partial charge on any atom is -0.475 e. The van der Waals surface area contributed by atoms with Crippen molar-refractivity contribution in [1.29, 1.82) is 0 Å². The van der Waals surface area contributed by atoms with Crippen LogP contribution in [0.4, 0.5) is 32.2 Å². The first-order valence-electron chi connectivity index (χ1n) is 11.8. The summed E-state index contributed by atoms with van der Waals surface area (Å²) >= 11 is 0. The summed E-state index contributed by atoms with van der Waals surface area (Å²) in [6.45, 7) is 4.57. The molecule has 0 radical (unpaired) electrons.